The van der Waals surface area contributed by atoms with Gasteiger partial charge in [0, 0.05) is 24.3 Å². The van der Waals surface area contributed by atoms with E-state index in [4.69, 9.17) is 0 Å². The maximum atomic E-state index is 12.1. The van der Waals surface area contributed by atoms with Crippen LogP contribution in [0.2, 0.25) is 0 Å². The highest BCUT2D eigenvalue weighted by Gasteiger charge is 2.17. The van der Waals surface area contributed by atoms with Crippen molar-refractivity contribution in [3.05, 3.63) is 35.9 Å². The molecule has 0 saturated heterocycles. The van der Waals surface area contributed by atoms with Crippen LogP contribution in [0, 0.1) is 5.92 Å². The van der Waals surface area contributed by atoms with Crippen LogP contribution >= 0.6 is 0 Å². The molecule has 1 rings (SSSR count). The quantitative estimate of drug-likeness (QED) is 0.413. The van der Waals surface area contributed by atoms with Crippen molar-refractivity contribution in [2.45, 2.75) is 65.2 Å². The largest absolute Gasteiger partial charge is 0.299 e. The van der Waals surface area contributed by atoms with Gasteiger partial charge in [-0.05, 0) is 6.42 Å². The number of rotatable bonds is 11. The highest BCUT2D eigenvalue weighted by molar-refractivity contribution is 5.98. The first-order valence-electron chi connectivity index (χ1n) is 8.26. The molecular formula is C19H28O2. The summed E-state index contributed by atoms with van der Waals surface area (Å²) in [6.45, 7) is 4.08. The predicted octanol–water partition coefficient (Wildman–Crippen LogP) is 5.22. The topological polar surface area (TPSA) is 34.1 Å². The molecule has 0 bridgehead atoms. The van der Waals surface area contributed by atoms with E-state index >= 15 is 0 Å². The Morgan fingerprint density at radius 1 is 0.952 bits per heavy atom. The van der Waals surface area contributed by atoms with E-state index < -0.39 is 0 Å². The Kier molecular flexibility index (Phi) is 8.65. The molecule has 0 aliphatic rings. The SMILES string of the molecule is CCCCCCCCC(=O)C(C)CC(=O)c1ccccc1. The summed E-state index contributed by atoms with van der Waals surface area (Å²) >= 11 is 0. The Labute approximate surface area is 128 Å². The smallest absolute Gasteiger partial charge is 0.163 e. The fraction of sp³-hybridized carbons (Fsp3) is 0.579. The summed E-state index contributed by atoms with van der Waals surface area (Å²) in [4.78, 5) is 24.1. The Balaban J connectivity index is 2.23. The minimum absolute atomic E-state index is 0.0689. The molecule has 2 nitrogen and oxygen atoms in total. The summed E-state index contributed by atoms with van der Waals surface area (Å²) in [5.74, 6) is 0.141. The number of unbranched alkanes of at least 4 members (excludes halogenated alkanes) is 5. The number of carbonyl (C=O) groups is 2. The summed E-state index contributed by atoms with van der Waals surface area (Å²) in [6.07, 6.45) is 8.07. The van der Waals surface area contributed by atoms with E-state index in [0.717, 1.165) is 12.8 Å². The normalized spacial score (nSPS) is 12.1. The van der Waals surface area contributed by atoms with Gasteiger partial charge >= 0.3 is 0 Å². The molecule has 2 heteroatoms. The van der Waals surface area contributed by atoms with E-state index in [0.29, 0.717) is 18.4 Å². The average molecular weight is 288 g/mol. The summed E-state index contributed by atoms with van der Waals surface area (Å²) in [7, 11) is 0. The Bertz CT molecular complexity index is 422. The lowest BCUT2D eigenvalue weighted by Crippen LogP contribution is -2.15. The maximum Gasteiger partial charge on any atom is 0.163 e. The van der Waals surface area contributed by atoms with Crippen LogP contribution in [0.1, 0.15) is 75.6 Å². The molecule has 0 aliphatic carbocycles. The highest BCUT2D eigenvalue weighted by Crippen LogP contribution is 2.15. The molecular weight excluding hydrogens is 260 g/mol. The van der Waals surface area contributed by atoms with Crippen LogP contribution in [-0.4, -0.2) is 11.6 Å². The number of Topliss-reactive ketones (excluding diaryl/α,β-unsaturated/α-hetero) is 2. The van der Waals surface area contributed by atoms with E-state index in [2.05, 4.69) is 6.92 Å². The number of ketones is 2. The Morgan fingerprint density at radius 2 is 1.57 bits per heavy atom. The average Bonchev–Trinajstić information content (AvgIpc) is 2.51. The van der Waals surface area contributed by atoms with Gasteiger partial charge in [-0.25, -0.2) is 0 Å². The van der Waals surface area contributed by atoms with Crippen LogP contribution in [0.25, 0.3) is 0 Å². The van der Waals surface area contributed by atoms with E-state index in [1.54, 1.807) is 0 Å². The molecule has 0 saturated carbocycles. The van der Waals surface area contributed by atoms with Gasteiger partial charge in [-0.15, -0.1) is 0 Å². The lowest BCUT2D eigenvalue weighted by Gasteiger charge is -2.09. The standard InChI is InChI=1S/C19H28O2/c1-3-4-5-6-7-11-14-18(20)16(2)15-19(21)17-12-9-8-10-13-17/h8-10,12-13,16H,3-7,11,14-15H2,1-2H3. The molecule has 1 aromatic rings. The highest BCUT2D eigenvalue weighted by atomic mass is 16.1. The van der Waals surface area contributed by atoms with Gasteiger partial charge < -0.3 is 0 Å². The van der Waals surface area contributed by atoms with Crippen LogP contribution in [0.5, 0.6) is 0 Å². The zero-order chi connectivity index (χ0) is 15.5. The van der Waals surface area contributed by atoms with Gasteiger partial charge in [-0.2, -0.15) is 0 Å². The molecule has 21 heavy (non-hydrogen) atoms. The van der Waals surface area contributed by atoms with Crippen molar-refractivity contribution in [3.8, 4) is 0 Å². The lowest BCUT2D eigenvalue weighted by atomic mass is 9.93. The zero-order valence-corrected chi connectivity index (χ0v) is 13.4. The molecule has 0 fully saturated rings. The van der Waals surface area contributed by atoms with Crippen LogP contribution in [0.4, 0.5) is 0 Å². The second kappa shape index (κ2) is 10.3. The summed E-state index contributed by atoms with van der Waals surface area (Å²) < 4.78 is 0. The second-order valence-electron chi connectivity index (χ2n) is 5.88. The van der Waals surface area contributed by atoms with Crippen molar-refractivity contribution in [2.24, 2.45) is 5.92 Å². The molecule has 0 heterocycles. The van der Waals surface area contributed by atoms with Gasteiger partial charge in [0.1, 0.15) is 5.78 Å². The van der Waals surface area contributed by atoms with E-state index in [1.807, 2.05) is 37.3 Å². The first kappa shape index (κ1) is 17.6. The van der Waals surface area contributed by atoms with Gasteiger partial charge in [0.05, 0.1) is 0 Å². The molecule has 0 spiro atoms. The van der Waals surface area contributed by atoms with Gasteiger partial charge in [0.25, 0.3) is 0 Å². The van der Waals surface area contributed by atoms with Crippen LogP contribution in [0.3, 0.4) is 0 Å². The van der Waals surface area contributed by atoms with E-state index in [9.17, 15) is 9.59 Å². The fourth-order valence-electron chi connectivity index (χ4n) is 2.46. The zero-order valence-electron chi connectivity index (χ0n) is 13.4. The third-order valence-corrected chi connectivity index (χ3v) is 3.91. The molecule has 1 aromatic carbocycles. The maximum absolute atomic E-state index is 12.1. The van der Waals surface area contributed by atoms with Crippen molar-refractivity contribution in [2.75, 3.05) is 0 Å². The molecule has 0 aromatic heterocycles. The van der Waals surface area contributed by atoms with Crippen LogP contribution in [0.15, 0.2) is 30.3 Å². The first-order chi connectivity index (χ1) is 10.1. The van der Waals surface area contributed by atoms with Crippen molar-refractivity contribution in [1.82, 2.24) is 0 Å². The van der Waals surface area contributed by atoms with Crippen molar-refractivity contribution in [3.63, 3.8) is 0 Å². The lowest BCUT2D eigenvalue weighted by molar-refractivity contribution is -0.122. The van der Waals surface area contributed by atoms with Crippen molar-refractivity contribution >= 4 is 11.6 Å². The molecule has 1 atom stereocenters. The Hall–Kier alpha value is -1.44. The minimum Gasteiger partial charge on any atom is -0.299 e. The molecule has 0 N–H and O–H groups in total. The third-order valence-electron chi connectivity index (χ3n) is 3.91. The van der Waals surface area contributed by atoms with Crippen LogP contribution in [-0.2, 0) is 4.79 Å². The number of hydrogen-bond acceptors (Lipinski definition) is 2. The van der Waals surface area contributed by atoms with E-state index in [-0.39, 0.29) is 17.5 Å². The summed E-state index contributed by atoms with van der Waals surface area (Å²) in [6, 6.07) is 9.23. The number of benzene rings is 1. The monoisotopic (exact) mass is 288 g/mol. The first-order valence-corrected chi connectivity index (χ1v) is 8.26. The van der Waals surface area contributed by atoms with E-state index in [1.165, 1.54) is 25.7 Å². The predicted molar refractivity (Wildman–Crippen MR) is 87.6 cm³/mol. The Morgan fingerprint density at radius 3 is 2.24 bits per heavy atom. The van der Waals surface area contributed by atoms with Gasteiger partial charge in [0.2, 0.25) is 0 Å². The molecule has 116 valence electrons. The van der Waals surface area contributed by atoms with Crippen molar-refractivity contribution in [1.29, 1.82) is 0 Å². The second-order valence-corrected chi connectivity index (χ2v) is 5.88. The van der Waals surface area contributed by atoms with Gasteiger partial charge in [-0.1, -0.05) is 76.3 Å². The van der Waals surface area contributed by atoms with Gasteiger partial charge in [-0.3, -0.25) is 9.59 Å². The number of carbonyl (C=O) groups excluding carboxylic acids is 2. The fourth-order valence-corrected chi connectivity index (χ4v) is 2.46. The van der Waals surface area contributed by atoms with Gasteiger partial charge in [0.15, 0.2) is 5.78 Å². The van der Waals surface area contributed by atoms with Crippen LogP contribution < -0.4 is 0 Å². The molecule has 0 radical (unpaired) electrons. The third kappa shape index (κ3) is 7.22. The summed E-state index contributed by atoms with van der Waals surface area (Å²) in [5, 5.41) is 0. The summed E-state index contributed by atoms with van der Waals surface area (Å²) in [5.41, 5.74) is 0.705. The number of hydrogen-bond donors (Lipinski definition) is 0. The minimum atomic E-state index is -0.159. The van der Waals surface area contributed by atoms with Crippen molar-refractivity contribution < 1.29 is 9.59 Å². The molecule has 1 unspecified atom stereocenters. The molecule has 0 amide bonds. The molecule has 0 aliphatic heterocycles.